The zero-order chi connectivity index (χ0) is 11.2. The first-order chi connectivity index (χ1) is 7.64. The van der Waals surface area contributed by atoms with Gasteiger partial charge in [-0.05, 0) is 30.2 Å². The van der Waals surface area contributed by atoms with Gasteiger partial charge in [0.15, 0.2) is 0 Å². The second-order valence-corrected chi connectivity index (χ2v) is 10.8. The van der Waals surface area contributed by atoms with Gasteiger partial charge in [0.25, 0.3) is 0 Å². The molecule has 2 atom stereocenters. The topological polar surface area (TPSA) is 0 Å². The van der Waals surface area contributed by atoms with E-state index in [9.17, 15) is 0 Å². The molecular formula is C15H20Si. The number of hydrogen-bond donors (Lipinski definition) is 0. The predicted octanol–water partition coefficient (Wildman–Crippen LogP) is 3.71. The molecule has 0 heterocycles. The highest BCUT2D eigenvalue weighted by Crippen LogP contribution is 2.59. The summed E-state index contributed by atoms with van der Waals surface area (Å²) in [6.07, 6.45) is 9.35. The molecule has 2 aliphatic carbocycles. The summed E-state index contributed by atoms with van der Waals surface area (Å²) in [6, 6.07) is 11.2. The van der Waals surface area contributed by atoms with Crippen molar-refractivity contribution >= 4 is 13.3 Å². The molecule has 1 heteroatoms. The van der Waals surface area contributed by atoms with Crippen LogP contribution in [0.15, 0.2) is 42.5 Å². The number of benzene rings is 1. The molecule has 0 aliphatic heterocycles. The van der Waals surface area contributed by atoms with Gasteiger partial charge in [0, 0.05) is 0 Å². The lowest BCUT2D eigenvalue weighted by Gasteiger charge is -2.40. The van der Waals surface area contributed by atoms with E-state index in [1.165, 1.54) is 19.3 Å². The number of rotatable bonds is 2. The molecule has 0 amide bonds. The Morgan fingerprint density at radius 1 is 1.19 bits per heavy atom. The van der Waals surface area contributed by atoms with E-state index in [4.69, 9.17) is 0 Å². The third-order valence-electron chi connectivity index (χ3n) is 5.02. The fraction of sp³-hybridized carbons (Fsp3) is 0.467. The van der Waals surface area contributed by atoms with Crippen LogP contribution in [0.4, 0.5) is 0 Å². The van der Waals surface area contributed by atoms with E-state index in [1.807, 2.05) is 0 Å². The van der Waals surface area contributed by atoms with E-state index in [0.717, 1.165) is 5.92 Å². The summed E-state index contributed by atoms with van der Waals surface area (Å²) >= 11 is 0. The van der Waals surface area contributed by atoms with Gasteiger partial charge in [-0.1, -0.05) is 60.8 Å². The first-order valence-corrected chi connectivity index (χ1v) is 9.39. The Labute approximate surface area is 99.4 Å². The van der Waals surface area contributed by atoms with Crippen LogP contribution >= 0.6 is 0 Å². The molecular weight excluding hydrogens is 208 g/mol. The first-order valence-electron chi connectivity index (χ1n) is 6.39. The van der Waals surface area contributed by atoms with Gasteiger partial charge in [-0.3, -0.25) is 0 Å². The van der Waals surface area contributed by atoms with Crippen LogP contribution in [-0.4, -0.2) is 8.07 Å². The first kappa shape index (κ1) is 10.3. The third kappa shape index (κ3) is 1.27. The minimum atomic E-state index is -1.34. The summed E-state index contributed by atoms with van der Waals surface area (Å²) in [7, 11) is -1.34. The number of fused-ring (bicyclic) bond motifs is 2. The zero-order valence-electron chi connectivity index (χ0n) is 10.2. The van der Waals surface area contributed by atoms with Crippen LogP contribution in [0, 0.1) is 5.92 Å². The van der Waals surface area contributed by atoms with Crippen molar-refractivity contribution in [3.63, 3.8) is 0 Å². The van der Waals surface area contributed by atoms with Gasteiger partial charge in [0.2, 0.25) is 0 Å². The molecule has 3 rings (SSSR count). The van der Waals surface area contributed by atoms with Gasteiger partial charge < -0.3 is 0 Å². The fourth-order valence-electron chi connectivity index (χ4n) is 3.67. The van der Waals surface area contributed by atoms with Gasteiger partial charge >= 0.3 is 0 Å². The Balaban J connectivity index is 2.03. The molecule has 2 bridgehead atoms. The monoisotopic (exact) mass is 228 g/mol. The highest BCUT2D eigenvalue weighted by Gasteiger charge is 2.52. The van der Waals surface area contributed by atoms with Gasteiger partial charge in [0.05, 0.1) is 8.07 Å². The molecule has 0 saturated heterocycles. The number of hydrogen-bond acceptors (Lipinski definition) is 0. The fourth-order valence-corrected chi connectivity index (χ4v) is 7.32. The molecule has 0 nitrogen and oxygen atoms in total. The minimum Gasteiger partial charge on any atom is -0.0851 e. The van der Waals surface area contributed by atoms with Crippen molar-refractivity contribution in [2.75, 3.05) is 0 Å². The van der Waals surface area contributed by atoms with Gasteiger partial charge in [-0.25, -0.2) is 0 Å². The van der Waals surface area contributed by atoms with E-state index in [0.29, 0.717) is 5.04 Å². The second kappa shape index (κ2) is 3.33. The molecule has 1 fully saturated rings. The lowest BCUT2D eigenvalue weighted by molar-refractivity contribution is 0.689. The van der Waals surface area contributed by atoms with Gasteiger partial charge in [0.1, 0.15) is 0 Å². The highest BCUT2D eigenvalue weighted by atomic mass is 28.3. The molecule has 0 spiro atoms. The Morgan fingerprint density at radius 2 is 1.94 bits per heavy atom. The van der Waals surface area contributed by atoms with Crippen molar-refractivity contribution in [1.82, 2.24) is 0 Å². The average Bonchev–Trinajstić information content (AvgIpc) is 2.92. The summed E-state index contributed by atoms with van der Waals surface area (Å²) in [5.41, 5.74) is 0. The Bertz CT molecular complexity index is 418. The molecule has 0 radical (unpaired) electrons. The molecule has 16 heavy (non-hydrogen) atoms. The maximum Gasteiger partial charge on any atom is 0.0904 e. The SMILES string of the molecule is C[Si](C)(c1ccccc1)C12C=CC(CC1)C2. The van der Waals surface area contributed by atoms with Crippen LogP contribution in [-0.2, 0) is 0 Å². The molecule has 84 valence electrons. The lowest BCUT2D eigenvalue weighted by atomic mass is 10.1. The van der Waals surface area contributed by atoms with Crippen molar-refractivity contribution in [1.29, 1.82) is 0 Å². The van der Waals surface area contributed by atoms with Crippen LogP contribution in [0.2, 0.25) is 18.1 Å². The highest BCUT2D eigenvalue weighted by molar-refractivity contribution is 6.92. The smallest absolute Gasteiger partial charge is 0.0851 e. The summed E-state index contributed by atoms with van der Waals surface area (Å²) in [5.74, 6) is 0.899. The lowest BCUT2D eigenvalue weighted by Crippen LogP contribution is -2.50. The van der Waals surface area contributed by atoms with Gasteiger partial charge in [-0.2, -0.15) is 0 Å². The van der Waals surface area contributed by atoms with Crippen molar-refractivity contribution < 1.29 is 0 Å². The molecule has 2 aliphatic rings. The molecule has 1 saturated carbocycles. The summed E-state index contributed by atoms with van der Waals surface area (Å²) in [4.78, 5) is 0. The Hall–Kier alpha value is -0.823. The van der Waals surface area contributed by atoms with Crippen molar-refractivity contribution in [3.05, 3.63) is 42.5 Å². The average molecular weight is 228 g/mol. The minimum absolute atomic E-state index is 0.568. The molecule has 1 aromatic carbocycles. The van der Waals surface area contributed by atoms with Crippen molar-refractivity contribution in [3.8, 4) is 0 Å². The van der Waals surface area contributed by atoms with Crippen LogP contribution in [0.1, 0.15) is 19.3 Å². The Morgan fingerprint density at radius 3 is 2.44 bits per heavy atom. The largest absolute Gasteiger partial charge is 0.0904 e. The van der Waals surface area contributed by atoms with Crippen LogP contribution in [0.5, 0.6) is 0 Å². The molecule has 0 aromatic heterocycles. The maximum absolute atomic E-state index is 2.57. The summed E-state index contributed by atoms with van der Waals surface area (Å²) in [5, 5.41) is 2.20. The van der Waals surface area contributed by atoms with Gasteiger partial charge in [-0.15, -0.1) is 0 Å². The number of allylic oxidation sites excluding steroid dienone is 2. The summed E-state index contributed by atoms with van der Waals surface area (Å²) in [6.45, 7) is 5.11. The van der Waals surface area contributed by atoms with Crippen LogP contribution in [0.3, 0.4) is 0 Å². The second-order valence-electron chi connectivity index (χ2n) is 6.01. The molecule has 2 unspecified atom stereocenters. The quantitative estimate of drug-likeness (QED) is 0.535. The molecule has 0 N–H and O–H groups in total. The van der Waals surface area contributed by atoms with Crippen molar-refractivity contribution in [2.24, 2.45) is 5.92 Å². The van der Waals surface area contributed by atoms with E-state index >= 15 is 0 Å². The molecule has 1 aromatic rings. The Kier molecular flexibility index (Phi) is 2.15. The van der Waals surface area contributed by atoms with Crippen LogP contribution in [0.25, 0.3) is 0 Å². The summed E-state index contributed by atoms with van der Waals surface area (Å²) < 4.78 is 0. The van der Waals surface area contributed by atoms with E-state index in [1.54, 1.807) is 5.19 Å². The normalized spacial score (nSPS) is 32.2. The maximum atomic E-state index is 2.57. The van der Waals surface area contributed by atoms with E-state index in [-0.39, 0.29) is 0 Å². The van der Waals surface area contributed by atoms with E-state index in [2.05, 4.69) is 55.6 Å². The van der Waals surface area contributed by atoms with E-state index < -0.39 is 8.07 Å². The van der Waals surface area contributed by atoms with Crippen LogP contribution < -0.4 is 5.19 Å². The zero-order valence-corrected chi connectivity index (χ0v) is 11.2. The third-order valence-corrected chi connectivity index (χ3v) is 9.90. The standard InChI is InChI=1S/C15H20Si/c1-16(2,14-6-4-3-5-7-14)15-10-8-13(12-15)9-11-15/h3-8,10,13H,9,11-12H2,1-2H3. The predicted molar refractivity (Wildman–Crippen MR) is 72.7 cm³/mol. The van der Waals surface area contributed by atoms with Crippen molar-refractivity contribution in [2.45, 2.75) is 37.4 Å².